The van der Waals surface area contributed by atoms with Crippen LogP contribution in [0.2, 0.25) is 0 Å². The van der Waals surface area contributed by atoms with Gasteiger partial charge in [-0.3, -0.25) is 4.79 Å². The number of nitrogens with one attached hydrogen (secondary N) is 1. The second kappa shape index (κ2) is 4.43. The van der Waals surface area contributed by atoms with Gasteiger partial charge in [-0.2, -0.15) is 0 Å². The Morgan fingerprint density at radius 1 is 1.44 bits per heavy atom. The normalized spacial score (nSPS) is 18.2. The van der Waals surface area contributed by atoms with Gasteiger partial charge in [-0.15, -0.1) is 0 Å². The fraction of sp³-hybridized carbons (Fsp3) is 0.417. The van der Waals surface area contributed by atoms with Gasteiger partial charge in [-0.1, -0.05) is 12.1 Å². The Bertz CT molecular complexity index is 403. The van der Waals surface area contributed by atoms with E-state index in [0.29, 0.717) is 0 Å². The van der Waals surface area contributed by atoms with Crippen LogP contribution in [0.1, 0.15) is 17.9 Å². The number of esters is 1. The second-order valence-electron chi connectivity index (χ2n) is 3.72. The van der Waals surface area contributed by atoms with Crippen LogP contribution < -0.4 is 10.1 Å². The summed E-state index contributed by atoms with van der Waals surface area (Å²) >= 11 is 0. The smallest absolute Gasteiger partial charge is 0.313 e. The molecule has 86 valence electrons. The van der Waals surface area contributed by atoms with Crippen molar-refractivity contribution >= 4 is 11.7 Å². The van der Waals surface area contributed by atoms with E-state index in [1.54, 1.807) is 7.11 Å². The zero-order chi connectivity index (χ0) is 11.5. The van der Waals surface area contributed by atoms with E-state index < -0.39 is 0 Å². The van der Waals surface area contributed by atoms with E-state index in [1.165, 1.54) is 7.11 Å². The highest BCUT2D eigenvalue weighted by molar-refractivity contribution is 5.83. The SMILES string of the molecule is COC(=O)C1CCNc2c(OC)cccc21. The lowest BCUT2D eigenvalue weighted by molar-refractivity contribution is -0.142. The van der Waals surface area contributed by atoms with Crippen LogP contribution in [-0.2, 0) is 9.53 Å². The van der Waals surface area contributed by atoms with Crippen molar-refractivity contribution in [1.29, 1.82) is 0 Å². The molecular formula is C12H15NO3. The van der Waals surface area contributed by atoms with E-state index in [9.17, 15) is 4.79 Å². The van der Waals surface area contributed by atoms with E-state index >= 15 is 0 Å². The minimum Gasteiger partial charge on any atom is -0.495 e. The van der Waals surface area contributed by atoms with Gasteiger partial charge >= 0.3 is 5.97 Å². The van der Waals surface area contributed by atoms with Gasteiger partial charge in [0.15, 0.2) is 0 Å². The Balaban J connectivity index is 2.43. The molecule has 0 aliphatic carbocycles. The third-order valence-electron chi connectivity index (χ3n) is 2.87. The largest absolute Gasteiger partial charge is 0.495 e. The fourth-order valence-electron chi connectivity index (χ4n) is 2.08. The van der Waals surface area contributed by atoms with Crippen LogP contribution in [0.25, 0.3) is 0 Å². The van der Waals surface area contributed by atoms with Crippen LogP contribution in [0.3, 0.4) is 0 Å². The number of fused-ring (bicyclic) bond motifs is 1. The summed E-state index contributed by atoms with van der Waals surface area (Å²) in [5, 5.41) is 3.26. The molecule has 0 radical (unpaired) electrons. The topological polar surface area (TPSA) is 47.6 Å². The number of ether oxygens (including phenoxy) is 2. The van der Waals surface area contributed by atoms with E-state index in [2.05, 4.69) is 5.32 Å². The first kappa shape index (κ1) is 10.8. The van der Waals surface area contributed by atoms with Crippen molar-refractivity contribution in [2.75, 3.05) is 26.1 Å². The number of para-hydroxylation sites is 1. The zero-order valence-corrected chi connectivity index (χ0v) is 9.45. The minimum atomic E-state index is -0.184. The maximum Gasteiger partial charge on any atom is 0.313 e. The van der Waals surface area contributed by atoms with Crippen molar-refractivity contribution in [3.05, 3.63) is 23.8 Å². The van der Waals surface area contributed by atoms with E-state index in [4.69, 9.17) is 9.47 Å². The summed E-state index contributed by atoms with van der Waals surface area (Å²) in [6.07, 6.45) is 0.757. The highest BCUT2D eigenvalue weighted by atomic mass is 16.5. The van der Waals surface area contributed by atoms with Crippen LogP contribution in [-0.4, -0.2) is 26.7 Å². The van der Waals surface area contributed by atoms with Crippen LogP contribution in [0.15, 0.2) is 18.2 Å². The molecule has 4 nitrogen and oxygen atoms in total. The highest BCUT2D eigenvalue weighted by Gasteiger charge is 2.28. The lowest BCUT2D eigenvalue weighted by atomic mass is 9.91. The average Bonchev–Trinajstić information content (AvgIpc) is 2.36. The maximum absolute atomic E-state index is 11.6. The molecule has 0 amide bonds. The number of hydrogen-bond acceptors (Lipinski definition) is 4. The molecule has 0 saturated heterocycles. The number of rotatable bonds is 2. The molecule has 1 N–H and O–H groups in total. The number of carbonyl (C=O) groups excluding carboxylic acids is 1. The van der Waals surface area contributed by atoms with Crippen molar-refractivity contribution in [3.63, 3.8) is 0 Å². The Labute approximate surface area is 94.6 Å². The van der Waals surface area contributed by atoms with Crippen LogP contribution in [0, 0.1) is 0 Å². The van der Waals surface area contributed by atoms with Gasteiger partial charge in [0, 0.05) is 6.54 Å². The van der Waals surface area contributed by atoms with Crippen molar-refractivity contribution in [2.45, 2.75) is 12.3 Å². The molecule has 1 aliphatic rings. The summed E-state index contributed by atoms with van der Waals surface area (Å²) in [7, 11) is 3.04. The van der Waals surface area contributed by atoms with Crippen molar-refractivity contribution in [3.8, 4) is 5.75 Å². The summed E-state index contributed by atoms with van der Waals surface area (Å²) in [5.74, 6) is 0.401. The van der Waals surface area contributed by atoms with Gasteiger partial charge in [0.25, 0.3) is 0 Å². The fourth-order valence-corrected chi connectivity index (χ4v) is 2.08. The molecule has 0 fully saturated rings. The van der Waals surface area contributed by atoms with Gasteiger partial charge in [-0.05, 0) is 18.1 Å². The number of anilines is 1. The molecular weight excluding hydrogens is 206 g/mol. The molecule has 1 atom stereocenters. The Morgan fingerprint density at radius 2 is 2.25 bits per heavy atom. The summed E-state index contributed by atoms with van der Waals surface area (Å²) < 4.78 is 10.1. The third-order valence-corrected chi connectivity index (χ3v) is 2.87. The van der Waals surface area contributed by atoms with Crippen LogP contribution in [0.5, 0.6) is 5.75 Å². The van der Waals surface area contributed by atoms with Crippen molar-refractivity contribution in [1.82, 2.24) is 0 Å². The standard InChI is InChI=1S/C12H15NO3/c1-15-10-5-3-4-8-9(12(14)16-2)6-7-13-11(8)10/h3-5,9,13H,6-7H2,1-2H3. The maximum atomic E-state index is 11.6. The molecule has 1 heterocycles. The highest BCUT2D eigenvalue weighted by Crippen LogP contribution is 2.38. The Hall–Kier alpha value is -1.71. The van der Waals surface area contributed by atoms with E-state index in [0.717, 1.165) is 30.0 Å². The molecule has 0 bridgehead atoms. The van der Waals surface area contributed by atoms with E-state index in [1.807, 2.05) is 18.2 Å². The molecule has 0 aromatic heterocycles. The predicted molar refractivity (Wildman–Crippen MR) is 60.9 cm³/mol. The number of benzene rings is 1. The van der Waals surface area contributed by atoms with Crippen LogP contribution in [0.4, 0.5) is 5.69 Å². The van der Waals surface area contributed by atoms with Crippen LogP contribution >= 0.6 is 0 Å². The Kier molecular flexibility index (Phi) is 2.99. The Morgan fingerprint density at radius 3 is 2.94 bits per heavy atom. The first-order valence-electron chi connectivity index (χ1n) is 5.26. The van der Waals surface area contributed by atoms with Gasteiger partial charge in [0.2, 0.25) is 0 Å². The zero-order valence-electron chi connectivity index (χ0n) is 9.45. The second-order valence-corrected chi connectivity index (χ2v) is 3.72. The average molecular weight is 221 g/mol. The summed E-state index contributed by atoms with van der Waals surface area (Å²) in [5.41, 5.74) is 1.86. The molecule has 1 aromatic carbocycles. The lowest BCUT2D eigenvalue weighted by Crippen LogP contribution is -2.24. The van der Waals surface area contributed by atoms with Gasteiger partial charge in [0.1, 0.15) is 5.75 Å². The van der Waals surface area contributed by atoms with Gasteiger partial charge in [0.05, 0.1) is 25.8 Å². The number of hydrogen-bond donors (Lipinski definition) is 1. The molecule has 16 heavy (non-hydrogen) atoms. The quantitative estimate of drug-likeness (QED) is 0.773. The molecule has 1 aliphatic heterocycles. The summed E-state index contributed by atoms with van der Waals surface area (Å²) in [4.78, 5) is 11.6. The molecule has 0 spiro atoms. The third kappa shape index (κ3) is 1.71. The molecule has 2 rings (SSSR count). The van der Waals surface area contributed by atoms with E-state index in [-0.39, 0.29) is 11.9 Å². The predicted octanol–water partition coefficient (Wildman–Crippen LogP) is 1.77. The number of methoxy groups -OCH3 is 2. The van der Waals surface area contributed by atoms with Crippen molar-refractivity contribution < 1.29 is 14.3 Å². The first-order chi connectivity index (χ1) is 7.77. The summed E-state index contributed by atoms with van der Waals surface area (Å²) in [6.45, 7) is 0.757. The van der Waals surface area contributed by atoms with Gasteiger partial charge in [-0.25, -0.2) is 0 Å². The monoisotopic (exact) mass is 221 g/mol. The molecule has 1 aromatic rings. The number of carbonyl (C=O) groups is 1. The van der Waals surface area contributed by atoms with Gasteiger partial charge < -0.3 is 14.8 Å². The molecule has 4 heteroatoms. The lowest BCUT2D eigenvalue weighted by Gasteiger charge is -2.26. The first-order valence-corrected chi connectivity index (χ1v) is 5.26. The molecule has 1 unspecified atom stereocenters. The molecule has 0 saturated carbocycles. The minimum absolute atomic E-state index is 0.184. The summed E-state index contributed by atoms with van der Waals surface area (Å²) in [6, 6.07) is 5.71. The van der Waals surface area contributed by atoms with Crippen molar-refractivity contribution in [2.24, 2.45) is 0 Å².